The number of rotatable bonds is 5. The van der Waals surface area contributed by atoms with Crippen molar-refractivity contribution in [3.05, 3.63) is 92.1 Å². The molecule has 0 atom stereocenters. The Balaban J connectivity index is 2.08. The zero-order valence-electron chi connectivity index (χ0n) is 20.4. The van der Waals surface area contributed by atoms with Gasteiger partial charge in [-0.3, -0.25) is 9.59 Å². The van der Waals surface area contributed by atoms with Crippen molar-refractivity contribution in [3.8, 4) is 0 Å². The van der Waals surface area contributed by atoms with Crippen LogP contribution in [0.25, 0.3) is 0 Å². The summed E-state index contributed by atoms with van der Waals surface area (Å²) >= 11 is 0.851. The first-order valence-electron chi connectivity index (χ1n) is 11.0. The van der Waals surface area contributed by atoms with Crippen molar-refractivity contribution in [1.82, 2.24) is 0 Å². The SMILES string of the molecule is CN(C(=O)c1cccc(F)c1)c1cccc(C(=O)Nc2c(I)cc(C(F)(C(F)(F)F)C(F)(F)F)cc2C(F)(F)F)c1F. The number of benzene rings is 3. The predicted octanol–water partition coefficient (Wildman–Crippen LogP) is 8.41. The first kappa shape index (κ1) is 33.0. The molecule has 0 fully saturated rings. The largest absolute Gasteiger partial charge is 0.435 e. The molecule has 17 heteroatoms. The molecule has 42 heavy (non-hydrogen) atoms. The molecule has 0 bridgehead atoms. The Kier molecular flexibility index (Phi) is 8.87. The molecule has 0 radical (unpaired) electrons. The quantitative estimate of drug-likeness (QED) is 0.212. The molecule has 0 spiro atoms. The average Bonchev–Trinajstić information content (AvgIpc) is 2.86. The molecule has 0 saturated heterocycles. The second-order valence-corrected chi connectivity index (χ2v) is 9.66. The highest BCUT2D eigenvalue weighted by atomic mass is 127. The van der Waals surface area contributed by atoms with Crippen LogP contribution >= 0.6 is 22.6 Å². The highest BCUT2D eigenvalue weighted by Crippen LogP contribution is 2.54. The molecule has 3 aromatic rings. The van der Waals surface area contributed by atoms with Crippen LogP contribution in [0.2, 0.25) is 0 Å². The van der Waals surface area contributed by atoms with Gasteiger partial charge in [0, 0.05) is 21.7 Å². The highest BCUT2D eigenvalue weighted by Gasteiger charge is 2.73. The molecule has 0 aliphatic rings. The molecular formula is C25H13F12IN2O2. The number of anilines is 2. The Bertz CT molecular complexity index is 1520. The summed E-state index contributed by atoms with van der Waals surface area (Å²) < 4.78 is 163. The van der Waals surface area contributed by atoms with E-state index in [0.29, 0.717) is 4.90 Å². The van der Waals surface area contributed by atoms with Crippen LogP contribution in [-0.2, 0) is 11.8 Å². The van der Waals surface area contributed by atoms with E-state index in [2.05, 4.69) is 0 Å². The summed E-state index contributed by atoms with van der Waals surface area (Å²) in [6.07, 6.45) is -19.2. The minimum Gasteiger partial charge on any atom is -0.320 e. The van der Waals surface area contributed by atoms with E-state index in [1.807, 2.05) is 0 Å². The molecular weight excluding hydrogens is 715 g/mol. The Hall–Kier alpha value is -3.51. The van der Waals surface area contributed by atoms with Gasteiger partial charge in [0.25, 0.3) is 11.8 Å². The standard InChI is InChI=1S/C25H13F12IN2O2/c1-40(21(42)11-4-2-5-13(26)8-11)17-7-3-6-14(18(17)27)20(41)39-19-15(23(29,30)31)9-12(10-16(19)38)22(28,24(32,33)34)25(35,36)37/h2-10H,1H3,(H,39,41). The first-order valence-corrected chi connectivity index (χ1v) is 12.1. The normalized spacial score (nSPS) is 12.7. The van der Waals surface area contributed by atoms with Crippen LogP contribution in [0.1, 0.15) is 31.8 Å². The van der Waals surface area contributed by atoms with E-state index in [9.17, 15) is 57.9 Å². The van der Waals surface area contributed by atoms with Crippen molar-refractivity contribution in [2.45, 2.75) is 24.2 Å². The lowest BCUT2D eigenvalue weighted by molar-refractivity contribution is -0.348. The van der Waals surface area contributed by atoms with E-state index in [4.69, 9.17) is 0 Å². The van der Waals surface area contributed by atoms with E-state index >= 15 is 4.39 Å². The molecule has 4 nitrogen and oxygen atoms in total. The Morgan fingerprint density at radius 3 is 1.90 bits per heavy atom. The van der Waals surface area contributed by atoms with E-state index in [0.717, 1.165) is 60.0 Å². The van der Waals surface area contributed by atoms with Gasteiger partial charge < -0.3 is 10.2 Å². The van der Waals surface area contributed by atoms with Crippen LogP contribution in [0.4, 0.5) is 64.1 Å². The van der Waals surface area contributed by atoms with Gasteiger partial charge in [-0.2, -0.15) is 39.5 Å². The molecule has 2 amide bonds. The van der Waals surface area contributed by atoms with E-state index < -0.39 is 85.3 Å². The lowest BCUT2D eigenvalue weighted by Gasteiger charge is -2.31. The van der Waals surface area contributed by atoms with Crippen molar-refractivity contribution in [3.63, 3.8) is 0 Å². The lowest BCUT2D eigenvalue weighted by Crippen LogP contribution is -2.50. The van der Waals surface area contributed by atoms with E-state index in [1.165, 1.54) is 12.1 Å². The Morgan fingerprint density at radius 2 is 1.38 bits per heavy atom. The third-order valence-electron chi connectivity index (χ3n) is 5.77. The second-order valence-electron chi connectivity index (χ2n) is 8.50. The van der Waals surface area contributed by atoms with Crippen molar-refractivity contribution in [2.75, 3.05) is 17.3 Å². The van der Waals surface area contributed by atoms with Gasteiger partial charge in [0.1, 0.15) is 5.82 Å². The molecule has 0 unspecified atom stereocenters. The van der Waals surface area contributed by atoms with Crippen molar-refractivity contribution >= 4 is 45.8 Å². The number of hydrogen-bond acceptors (Lipinski definition) is 2. The zero-order chi connectivity index (χ0) is 32.0. The summed E-state index contributed by atoms with van der Waals surface area (Å²) in [4.78, 5) is 26.1. The lowest BCUT2D eigenvalue weighted by atomic mass is 9.92. The number of hydrogen-bond donors (Lipinski definition) is 1. The molecule has 3 aromatic carbocycles. The summed E-state index contributed by atoms with van der Waals surface area (Å²) in [6.45, 7) is 0. The zero-order valence-corrected chi connectivity index (χ0v) is 22.5. The molecule has 1 N–H and O–H groups in total. The molecule has 3 rings (SSSR count). The molecule has 0 saturated carbocycles. The van der Waals surface area contributed by atoms with Crippen LogP contribution in [0.3, 0.4) is 0 Å². The first-order chi connectivity index (χ1) is 19.1. The fourth-order valence-electron chi connectivity index (χ4n) is 3.70. The smallest absolute Gasteiger partial charge is 0.320 e. The third kappa shape index (κ3) is 6.14. The fraction of sp³-hybridized carbons (Fsp3) is 0.200. The van der Waals surface area contributed by atoms with Gasteiger partial charge in [-0.1, -0.05) is 12.1 Å². The minimum atomic E-state index is -6.72. The monoisotopic (exact) mass is 728 g/mol. The number of alkyl halides is 10. The molecule has 0 heterocycles. The summed E-state index contributed by atoms with van der Waals surface area (Å²) in [5.41, 5.74) is -14.2. The maximum absolute atomic E-state index is 15.3. The van der Waals surface area contributed by atoms with Gasteiger partial charge in [-0.05, 0) is 65.1 Å². The summed E-state index contributed by atoms with van der Waals surface area (Å²) in [5, 5.41) is 1.59. The Labute approximate surface area is 241 Å². The highest BCUT2D eigenvalue weighted by molar-refractivity contribution is 14.1. The van der Waals surface area contributed by atoms with Crippen molar-refractivity contribution in [2.24, 2.45) is 0 Å². The summed E-state index contributed by atoms with van der Waals surface area (Å²) in [5.74, 6) is -4.89. The van der Waals surface area contributed by atoms with Crippen LogP contribution < -0.4 is 10.2 Å². The molecule has 226 valence electrons. The van der Waals surface area contributed by atoms with Gasteiger partial charge in [0.2, 0.25) is 0 Å². The van der Waals surface area contributed by atoms with Gasteiger partial charge in [-0.15, -0.1) is 0 Å². The van der Waals surface area contributed by atoms with Gasteiger partial charge >= 0.3 is 24.2 Å². The van der Waals surface area contributed by atoms with E-state index in [1.54, 1.807) is 5.32 Å². The van der Waals surface area contributed by atoms with Crippen molar-refractivity contribution < 1.29 is 62.3 Å². The minimum absolute atomic E-state index is 0.190. The predicted molar refractivity (Wildman–Crippen MR) is 133 cm³/mol. The average molecular weight is 728 g/mol. The van der Waals surface area contributed by atoms with Crippen LogP contribution in [0, 0.1) is 15.2 Å². The summed E-state index contributed by atoms with van der Waals surface area (Å²) in [6, 6.07) is 6.00. The van der Waals surface area contributed by atoms with Gasteiger partial charge in [-0.25, -0.2) is 13.2 Å². The number of carbonyl (C=O) groups excluding carboxylic acids is 2. The van der Waals surface area contributed by atoms with Crippen molar-refractivity contribution in [1.29, 1.82) is 0 Å². The second kappa shape index (κ2) is 11.3. The maximum atomic E-state index is 15.3. The number of halogens is 13. The number of carbonyl (C=O) groups is 2. The topological polar surface area (TPSA) is 49.4 Å². The van der Waals surface area contributed by atoms with E-state index in [-0.39, 0.29) is 11.6 Å². The molecule has 0 aliphatic heterocycles. The Morgan fingerprint density at radius 1 is 0.810 bits per heavy atom. The summed E-state index contributed by atoms with van der Waals surface area (Å²) in [7, 11) is 1.03. The van der Waals surface area contributed by atoms with Crippen LogP contribution in [-0.4, -0.2) is 31.2 Å². The molecule has 0 aromatic heterocycles. The fourth-order valence-corrected chi connectivity index (χ4v) is 4.46. The van der Waals surface area contributed by atoms with Crippen LogP contribution in [0.5, 0.6) is 0 Å². The number of nitrogens with zero attached hydrogens (tertiary/aromatic N) is 1. The van der Waals surface area contributed by atoms with Gasteiger partial charge in [0.05, 0.1) is 22.5 Å². The number of amides is 2. The number of nitrogens with one attached hydrogen (secondary N) is 1. The maximum Gasteiger partial charge on any atom is 0.435 e. The molecule has 0 aliphatic carbocycles. The third-order valence-corrected chi connectivity index (χ3v) is 6.62. The van der Waals surface area contributed by atoms with Crippen LogP contribution in [0.15, 0.2) is 54.6 Å². The van der Waals surface area contributed by atoms with Gasteiger partial charge in [0.15, 0.2) is 5.82 Å².